The Bertz CT molecular complexity index is 249. The van der Waals surface area contributed by atoms with Crippen molar-refractivity contribution in [2.75, 3.05) is 26.3 Å². The van der Waals surface area contributed by atoms with Gasteiger partial charge in [0, 0.05) is 26.3 Å². The Hall–Kier alpha value is -0.0900. The van der Waals surface area contributed by atoms with Crippen molar-refractivity contribution in [3.8, 4) is 0 Å². The van der Waals surface area contributed by atoms with E-state index < -0.39 is 0 Å². The molecule has 2 saturated heterocycles. The minimum atomic E-state index is -0.0486. The number of nitrogens with zero attached hydrogens (tertiary/aromatic N) is 1. The van der Waals surface area contributed by atoms with Gasteiger partial charge in [0.1, 0.15) is 0 Å². The standard InChI is InChI=1S/C11H18BrNO2/c1-9(12)10(14)13-5-2-11(8-13)3-6-15-7-4-11/h9H,2-8H2,1H3. The zero-order valence-corrected chi connectivity index (χ0v) is 10.8. The van der Waals surface area contributed by atoms with E-state index in [2.05, 4.69) is 15.9 Å². The molecule has 0 N–H and O–H groups in total. The molecule has 1 amide bonds. The molecule has 3 nitrogen and oxygen atoms in total. The van der Waals surface area contributed by atoms with E-state index in [-0.39, 0.29) is 10.7 Å². The number of halogens is 1. The van der Waals surface area contributed by atoms with Gasteiger partial charge in [0.15, 0.2) is 0 Å². The topological polar surface area (TPSA) is 29.5 Å². The maximum Gasteiger partial charge on any atom is 0.236 e. The van der Waals surface area contributed by atoms with Gasteiger partial charge < -0.3 is 9.64 Å². The molecule has 86 valence electrons. The molecule has 2 rings (SSSR count). The summed E-state index contributed by atoms with van der Waals surface area (Å²) < 4.78 is 5.39. The first kappa shape index (κ1) is 11.4. The van der Waals surface area contributed by atoms with Crippen LogP contribution in [0.2, 0.25) is 0 Å². The SMILES string of the molecule is CC(Br)C(=O)N1CCC2(CCOCC2)C1. The molecular formula is C11H18BrNO2. The van der Waals surface area contributed by atoms with Gasteiger partial charge >= 0.3 is 0 Å². The normalized spacial score (nSPS) is 26.9. The maximum atomic E-state index is 11.8. The van der Waals surface area contributed by atoms with E-state index in [0.717, 1.165) is 45.6 Å². The summed E-state index contributed by atoms with van der Waals surface area (Å²) in [5.41, 5.74) is 0.371. The second-order valence-corrected chi connectivity index (χ2v) is 6.11. The molecule has 1 spiro atoms. The summed E-state index contributed by atoms with van der Waals surface area (Å²) >= 11 is 3.35. The molecule has 0 saturated carbocycles. The zero-order valence-electron chi connectivity index (χ0n) is 9.17. The van der Waals surface area contributed by atoms with Crippen LogP contribution in [0.15, 0.2) is 0 Å². The van der Waals surface area contributed by atoms with Gasteiger partial charge in [-0.3, -0.25) is 4.79 Å². The van der Waals surface area contributed by atoms with Crippen LogP contribution in [0.5, 0.6) is 0 Å². The van der Waals surface area contributed by atoms with E-state index in [4.69, 9.17) is 4.74 Å². The molecule has 2 heterocycles. The van der Waals surface area contributed by atoms with Crippen LogP contribution in [0.4, 0.5) is 0 Å². The summed E-state index contributed by atoms with van der Waals surface area (Å²) in [6.45, 7) is 5.50. The number of amides is 1. The second kappa shape index (κ2) is 4.42. The number of ether oxygens (including phenoxy) is 1. The summed E-state index contributed by atoms with van der Waals surface area (Å²) in [6, 6.07) is 0. The van der Waals surface area contributed by atoms with Crippen molar-refractivity contribution in [2.24, 2.45) is 5.41 Å². The summed E-state index contributed by atoms with van der Waals surface area (Å²) in [5, 5.41) is 0. The first-order chi connectivity index (χ1) is 7.13. The monoisotopic (exact) mass is 275 g/mol. The Morgan fingerprint density at radius 2 is 2.07 bits per heavy atom. The van der Waals surface area contributed by atoms with Crippen LogP contribution in [0, 0.1) is 5.41 Å². The number of hydrogen-bond acceptors (Lipinski definition) is 2. The van der Waals surface area contributed by atoms with Crippen molar-refractivity contribution in [2.45, 2.75) is 31.0 Å². The van der Waals surface area contributed by atoms with Gasteiger partial charge in [0.2, 0.25) is 5.91 Å². The average molecular weight is 276 g/mol. The number of hydrogen-bond donors (Lipinski definition) is 0. The molecule has 2 fully saturated rings. The van der Waals surface area contributed by atoms with Crippen LogP contribution in [-0.4, -0.2) is 41.9 Å². The van der Waals surface area contributed by atoms with Gasteiger partial charge in [-0.1, -0.05) is 15.9 Å². The van der Waals surface area contributed by atoms with Crippen molar-refractivity contribution in [1.29, 1.82) is 0 Å². The highest BCUT2D eigenvalue weighted by Gasteiger charge is 2.41. The minimum absolute atomic E-state index is 0.0486. The third-order valence-electron chi connectivity index (χ3n) is 3.64. The van der Waals surface area contributed by atoms with Crippen LogP contribution < -0.4 is 0 Å². The molecular weight excluding hydrogens is 258 g/mol. The molecule has 0 aromatic rings. The van der Waals surface area contributed by atoms with E-state index in [1.807, 2.05) is 11.8 Å². The van der Waals surface area contributed by atoms with Crippen LogP contribution in [0.3, 0.4) is 0 Å². The highest BCUT2D eigenvalue weighted by molar-refractivity contribution is 9.10. The lowest BCUT2D eigenvalue weighted by Crippen LogP contribution is -2.37. The third kappa shape index (κ3) is 2.36. The van der Waals surface area contributed by atoms with E-state index in [1.54, 1.807) is 0 Å². The highest BCUT2D eigenvalue weighted by Crippen LogP contribution is 2.39. The molecule has 1 atom stereocenters. The number of carbonyl (C=O) groups excluding carboxylic acids is 1. The van der Waals surface area contributed by atoms with Gasteiger partial charge in [-0.25, -0.2) is 0 Å². The predicted octanol–water partition coefficient (Wildman–Crippen LogP) is 1.80. The highest BCUT2D eigenvalue weighted by atomic mass is 79.9. The van der Waals surface area contributed by atoms with Crippen molar-refractivity contribution in [3.05, 3.63) is 0 Å². The molecule has 0 aliphatic carbocycles. The van der Waals surface area contributed by atoms with Crippen LogP contribution >= 0.6 is 15.9 Å². The van der Waals surface area contributed by atoms with Gasteiger partial charge in [-0.2, -0.15) is 0 Å². The fraction of sp³-hybridized carbons (Fsp3) is 0.909. The Balaban J connectivity index is 1.96. The Labute approximate surface area is 99.3 Å². The van der Waals surface area contributed by atoms with E-state index in [1.165, 1.54) is 0 Å². The Morgan fingerprint density at radius 1 is 1.40 bits per heavy atom. The lowest BCUT2D eigenvalue weighted by molar-refractivity contribution is -0.129. The first-order valence-corrected chi connectivity index (χ1v) is 6.55. The van der Waals surface area contributed by atoms with Gasteiger partial charge in [-0.05, 0) is 31.6 Å². The average Bonchev–Trinajstić information content (AvgIpc) is 2.62. The molecule has 0 radical (unpaired) electrons. The Morgan fingerprint density at radius 3 is 2.67 bits per heavy atom. The predicted molar refractivity (Wildman–Crippen MR) is 62.1 cm³/mol. The molecule has 0 aromatic heterocycles. The molecule has 15 heavy (non-hydrogen) atoms. The smallest absolute Gasteiger partial charge is 0.236 e. The largest absolute Gasteiger partial charge is 0.381 e. The van der Waals surface area contributed by atoms with E-state index >= 15 is 0 Å². The molecule has 0 bridgehead atoms. The number of likely N-dealkylation sites (tertiary alicyclic amines) is 1. The second-order valence-electron chi connectivity index (χ2n) is 4.74. The Kier molecular flexibility index (Phi) is 3.36. The summed E-state index contributed by atoms with van der Waals surface area (Å²) in [7, 11) is 0. The number of rotatable bonds is 1. The molecule has 0 aromatic carbocycles. The fourth-order valence-electron chi connectivity index (χ4n) is 2.59. The number of carbonyl (C=O) groups is 1. The number of alkyl halides is 1. The van der Waals surface area contributed by atoms with Crippen molar-refractivity contribution < 1.29 is 9.53 Å². The molecule has 4 heteroatoms. The molecule has 2 aliphatic rings. The molecule has 2 aliphatic heterocycles. The maximum absolute atomic E-state index is 11.8. The van der Waals surface area contributed by atoms with Crippen molar-refractivity contribution in [1.82, 2.24) is 4.90 Å². The van der Waals surface area contributed by atoms with E-state index in [9.17, 15) is 4.79 Å². The van der Waals surface area contributed by atoms with Crippen LogP contribution in [0.25, 0.3) is 0 Å². The quantitative estimate of drug-likeness (QED) is 0.683. The summed E-state index contributed by atoms with van der Waals surface area (Å²) in [6.07, 6.45) is 3.39. The van der Waals surface area contributed by atoms with Crippen molar-refractivity contribution >= 4 is 21.8 Å². The van der Waals surface area contributed by atoms with Crippen LogP contribution in [-0.2, 0) is 9.53 Å². The molecule has 1 unspecified atom stereocenters. The van der Waals surface area contributed by atoms with Gasteiger partial charge in [-0.15, -0.1) is 0 Å². The van der Waals surface area contributed by atoms with E-state index in [0.29, 0.717) is 5.41 Å². The van der Waals surface area contributed by atoms with Crippen LogP contribution in [0.1, 0.15) is 26.2 Å². The fourth-order valence-corrected chi connectivity index (χ4v) is 2.88. The lowest BCUT2D eigenvalue weighted by Gasteiger charge is -2.33. The summed E-state index contributed by atoms with van der Waals surface area (Å²) in [5.74, 6) is 0.235. The van der Waals surface area contributed by atoms with Crippen molar-refractivity contribution in [3.63, 3.8) is 0 Å². The third-order valence-corrected chi connectivity index (χ3v) is 4.04. The zero-order chi connectivity index (χ0) is 10.9. The van der Waals surface area contributed by atoms with Gasteiger partial charge in [0.05, 0.1) is 4.83 Å². The minimum Gasteiger partial charge on any atom is -0.381 e. The first-order valence-electron chi connectivity index (χ1n) is 5.64. The van der Waals surface area contributed by atoms with Gasteiger partial charge in [0.25, 0.3) is 0 Å². The summed E-state index contributed by atoms with van der Waals surface area (Å²) in [4.78, 5) is 13.8. The lowest BCUT2D eigenvalue weighted by atomic mass is 9.80.